The first-order chi connectivity index (χ1) is 9.16. The predicted molar refractivity (Wildman–Crippen MR) is 78.4 cm³/mol. The molecule has 0 saturated carbocycles. The molecule has 0 bridgehead atoms. The fraction of sp³-hybridized carbons (Fsp3) is 0.429. The molecule has 0 aliphatic rings. The number of hydrogen-bond donors (Lipinski definition) is 3. The van der Waals surface area contributed by atoms with Crippen LogP contribution in [0.25, 0.3) is 0 Å². The van der Waals surface area contributed by atoms with E-state index >= 15 is 0 Å². The van der Waals surface area contributed by atoms with Crippen molar-refractivity contribution in [1.29, 1.82) is 0 Å². The van der Waals surface area contributed by atoms with Crippen LogP contribution in [0.15, 0.2) is 12.1 Å². The van der Waals surface area contributed by atoms with Crippen LogP contribution in [-0.4, -0.2) is 24.5 Å². The lowest BCUT2D eigenvalue weighted by atomic mass is 9.98. The molecule has 0 aromatic heterocycles. The second-order valence-corrected chi connectivity index (χ2v) is 5.40. The summed E-state index contributed by atoms with van der Waals surface area (Å²) in [5.41, 5.74) is 12.7. The van der Waals surface area contributed by atoms with E-state index in [0.29, 0.717) is 16.9 Å². The number of nitrogen functional groups attached to an aromatic ring is 1. The van der Waals surface area contributed by atoms with Gasteiger partial charge in [0.25, 0.3) is 0 Å². The molecule has 0 saturated heterocycles. The summed E-state index contributed by atoms with van der Waals surface area (Å²) < 4.78 is 4.70. The molecule has 0 unspecified atom stereocenters. The van der Waals surface area contributed by atoms with E-state index < -0.39 is 17.4 Å². The van der Waals surface area contributed by atoms with Gasteiger partial charge in [-0.15, -0.1) is 0 Å². The van der Waals surface area contributed by atoms with Crippen LogP contribution < -0.4 is 16.8 Å². The molecule has 110 valence electrons. The van der Waals surface area contributed by atoms with Crippen LogP contribution in [0.3, 0.4) is 0 Å². The van der Waals surface area contributed by atoms with Crippen molar-refractivity contribution in [2.45, 2.75) is 32.7 Å². The zero-order valence-electron chi connectivity index (χ0n) is 12.2. The highest BCUT2D eigenvalue weighted by Gasteiger charge is 2.22. The molecule has 0 aliphatic heterocycles. The highest BCUT2D eigenvalue weighted by Crippen LogP contribution is 2.26. The molecule has 0 aliphatic carbocycles. The maximum atomic E-state index is 11.7. The maximum Gasteiger partial charge on any atom is 0.340 e. The fourth-order valence-corrected chi connectivity index (χ4v) is 2.02. The van der Waals surface area contributed by atoms with Gasteiger partial charge in [0.1, 0.15) is 0 Å². The molecular formula is C14H21N3O3. The Bertz CT molecular complexity index is 539. The Morgan fingerprint density at radius 2 is 1.95 bits per heavy atom. The van der Waals surface area contributed by atoms with Crippen molar-refractivity contribution in [2.75, 3.05) is 18.2 Å². The molecule has 0 atom stereocenters. The van der Waals surface area contributed by atoms with Gasteiger partial charge in [-0.2, -0.15) is 0 Å². The largest absolute Gasteiger partial charge is 0.465 e. The quantitative estimate of drug-likeness (QED) is 0.558. The van der Waals surface area contributed by atoms with Crippen LogP contribution in [0.5, 0.6) is 0 Å². The Balaban J connectivity index is 3.11. The minimum atomic E-state index is -0.526. The van der Waals surface area contributed by atoms with E-state index in [1.807, 2.05) is 19.9 Å². The van der Waals surface area contributed by atoms with Crippen molar-refractivity contribution in [2.24, 2.45) is 5.73 Å². The number of anilines is 2. The van der Waals surface area contributed by atoms with Crippen molar-refractivity contribution in [3.63, 3.8) is 0 Å². The lowest BCUT2D eigenvalue weighted by Gasteiger charge is -2.27. The summed E-state index contributed by atoms with van der Waals surface area (Å²) in [7, 11) is 1.30. The van der Waals surface area contributed by atoms with Crippen LogP contribution in [-0.2, 0) is 9.53 Å². The lowest BCUT2D eigenvalue weighted by Crippen LogP contribution is -2.36. The third-order valence-corrected chi connectivity index (χ3v) is 2.89. The zero-order valence-corrected chi connectivity index (χ0v) is 12.2. The van der Waals surface area contributed by atoms with Gasteiger partial charge in [0.05, 0.1) is 12.7 Å². The second-order valence-electron chi connectivity index (χ2n) is 5.40. The zero-order chi connectivity index (χ0) is 15.5. The van der Waals surface area contributed by atoms with Crippen LogP contribution >= 0.6 is 0 Å². The minimum absolute atomic E-state index is 0.171. The van der Waals surface area contributed by atoms with Crippen molar-refractivity contribution in [1.82, 2.24) is 0 Å². The van der Waals surface area contributed by atoms with Crippen molar-refractivity contribution >= 4 is 23.3 Å². The number of ether oxygens (including phenoxy) is 1. The van der Waals surface area contributed by atoms with Gasteiger partial charge in [-0.3, -0.25) is 4.79 Å². The Hall–Kier alpha value is -2.24. The normalized spacial score (nSPS) is 11.0. The molecule has 0 radical (unpaired) electrons. The number of esters is 1. The van der Waals surface area contributed by atoms with Gasteiger partial charge in [-0.25, -0.2) is 4.79 Å². The molecule has 0 spiro atoms. The third-order valence-electron chi connectivity index (χ3n) is 2.89. The Morgan fingerprint density at radius 3 is 2.45 bits per heavy atom. The summed E-state index contributed by atoms with van der Waals surface area (Å²) in [5.74, 6) is -0.898. The summed E-state index contributed by atoms with van der Waals surface area (Å²) in [5, 5.41) is 3.17. The fourth-order valence-electron chi connectivity index (χ4n) is 2.02. The van der Waals surface area contributed by atoms with Gasteiger partial charge in [0.2, 0.25) is 5.91 Å². The third kappa shape index (κ3) is 3.88. The average Bonchev–Trinajstić information content (AvgIpc) is 2.30. The number of carbonyl (C=O) groups is 2. The van der Waals surface area contributed by atoms with Crippen molar-refractivity contribution < 1.29 is 14.3 Å². The molecular weight excluding hydrogens is 258 g/mol. The number of nitrogens with one attached hydrogen (secondary N) is 1. The molecule has 6 heteroatoms. The van der Waals surface area contributed by atoms with Crippen LogP contribution in [0.1, 0.15) is 36.2 Å². The molecule has 0 heterocycles. The second kappa shape index (κ2) is 5.81. The van der Waals surface area contributed by atoms with E-state index in [0.717, 1.165) is 5.56 Å². The molecule has 1 rings (SSSR count). The first-order valence-corrected chi connectivity index (χ1v) is 6.21. The number of rotatable bonds is 5. The number of nitrogens with two attached hydrogens (primary N) is 2. The van der Waals surface area contributed by atoms with Gasteiger partial charge < -0.3 is 21.5 Å². The van der Waals surface area contributed by atoms with Gasteiger partial charge in [-0.05, 0) is 38.5 Å². The topological polar surface area (TPSA) is 107 Å². The first-order valence-electron chi connectivity index (χ1n) is 6.21. The van der Waals surface area contributed by atoms with E-state index in [1.165, 1.54) is 7.11 Å². The van der Waals surface area contributed by atoms with Gasteiger partial charge >= 0.3 is 5.97 Å². The van der Waals surface area contributed by atoms with Gasteiger partial charge in [0.15, 0.2) is 0 Å². The number of aryl methyl sites for hydroxylation is 1. The highest BCUT2D eigenvalue weighted by molar-refractivity contribution is 5.97. The number of methoxy groups -OCH3 is 1. The molecule has 20 heavy (non-hydrogen) atoms. The Morgan fingerprint density at radius 1 is 1.35 bits per heavy atom. The number of primary amides is 1. The SMILES string of the molecule is COC(=O)c1cc(NC(C)(C)CC(N)=O)cc(C)c1N. The van der Waals surface area contributed by atoms with Gasteiger partial charge in [0, 0.05) is 23.3 Å². The molecule has 1 aromatic carbocycles. The molecule has 0 fully saturated rings. The van der Waals surface area contributed by atoms with E-state index in [1.54, 1.807) is 13.0 Å². The molecule has 6 nitrogen and oxygen atoms in total. The standard InChI is InChI=1S/C14H21N3O3/c1-8-5-9(17-14(2,3)7-11(15)18)6-10(12(8)16)13(19)20-4/h5-6,17H,7,16H2,1-4H3,(H2,15,18). The lowest BCUT2D eigenvalue weighted by molar-refractivity contribution is -0.118. The summed E-state index contributed by atoms with van der Waals surface area (Å²) in [6.07, 6.45) is 0.171. The number of benzene rings is 1. The Kier molecular flexibility index (Phi) is 4.60. The van der Waals surface area contributed by atoms with Crippen molar-refractivity contribution in [3.8, 4) is 0 Å². The minimum Gasteiger partial charge on any atom is -0.465 e. The summed E-state index contributed by atoms with van der Waals surface area (Å²) in [6, 6.07) is 3.42. The summed E-state index contributed by atoms with van der Waals surface area (Å²) >= 11 is 0. The number of amides is 1. The highest BCUT2D eigenvalue weighted by atomic mass is 16.5. The maximum absolute atomic E-state index is 11.7. The number of carbonyl (C=O) groups excluding carboxylic acids is 2. The average molecular weight is 279 g/mol. The van der Waals surface area contributed by atoms with E-state index in [-0.39, 0.29) is 6.42 Å². The van der Waals surface area contributed by atoms with E-state index in [4.69, 9.17) is 16.2 Å². The monoisotopic (exact) mass is 279 g/mol. The molecule has 1 amide bonds. The first kappa shape index (κ1) is 15.8. The molecule has 5 N–H and O–H groups in total. The van der Waals surface area contributed by atoms with E-state index in [9.17, 15) is 9.59 Å². The van der Waals surface area contributed by atoms with Crippen LogP contribution in [0.4, 0.5) is 11.4 Å². The predicted octanol–water partition coefficient (Wildman–Crippen LogP) is 1.43. The van der Waals surface area contributed by atoms with Crippen LogP contribution in [0.2, 0.25) is 0 Å². The number of hydrogen-bond acceptors (Lipinski definition) is 5. The van der Waals surface area contributed by atoms with Crippen LogP contribution in [0, 0.1) is 6.92 Å². The Labute approximate surface area is 118 Å². The smallest absolute Gasteiger partial charge is 0.340 e. The summed E-state index contributed by atoms with van der Waals surface area (Å²) in [6.45, 7) is 5.50. The van der Waals surface area contributed by atoms with Gasteiger partial charge in [-0.1, -0.05) is 0 Å². The van der Waals surface area contributed by atoms with Crippen molar-refractivity contribution in [3.05, 3.63) is 23.3 Å². The summed E-state index contributed by atoms with van der Waals surface area (Å²) in [4.78, 5) is 22.7. The molecule has 1 aromatic rings. The van der Waals surface area contributed by atoms with E-state index in [2.05, 4.69) is 5.32 Å².